The lowest BCUT2D eigenvalue weighted by atomic mass is 9.91. The highest BCUT2D eigenvalue weighted by Gasteiger charge is 2.26. The van der Waals surface area contributed by atoms with Gasteiger partial charge in [-0.1, -0.05) is 31.2 Å². The van der Waals surface area contributed by atoms with Crippen molar-refractivity contribution in [2.24, 2.45) is 5.41 Å². The molecule has 0 radical (unpaired) electrons. The third kappa shape index (κ3) is 3.85. The molecule has 0 aliphatic carbocycles. The van der Waals surface area contributed by atoms with E-state index in [9.17, 15) is 14.7 Å². The van der Waals surface area contributed by atoms with Crippen LogP contribution in [-0.2, 0) is 14.3 Å². The molecule has 0 atom stereocenters. The van der Waals surface area contributed by atoms with Crippen LogP contribution < -0.4 is 0 Å². The van der Waals surface area contributed by atoms with Gasteiger partial charge in [-0.3, -0.25) is 4.79 Å². The smallest absolute Gasteiger partial charge is 0.338 e. The van der Waals surface area contributed by atoms with E-state index in [1.807, 2.05) is 20.8 Å². The second kappa shape index (κ2) is 7.34. The van der Waals surface area contributed by atoms with E-state index >= 15 is 0 Å². The molecule has 2 rings (SSSR count). The van der Waals surface area contributed by atoms with E-state index in [-0.39, 0.29) is 24.9 Å². The van der Waals surface area contributed by atoms with Crippen LogP contribution in [-0.4, -0.2) is 30.3 Å². The number of carbonyl (C=O) groups excluding carboxylic acids is 2. The van der Waals surface area contributed by atoms with Crippen molar-refractivity contribution < 1.29 is 24.2 Å². The molecule has 0 aliphatic heterocycles. The Labute approximate surface area is 141 Å². The van der Waals surface area contributed by atoms with Gasteiger partial charge in [-0.2, -0.15) is 0 Å². The summed E-state index contributed by atoms with van der Waals surface area (Å²) in [5.41, 5.74) is -0.180. The summed E-state index contributed by atoms with van der Waals surface area (Å²) in [5.74, 6) is -0.717. The van der Waals surface area contributed by atoms with Crippen LogP contribution in [0.1, 0.15) is 37.6 Å². The maximum Gasteiger partial charge on any atom is 0.338 e. The van der Waals surface area contributed by atoms with Crippen molar-refractivity contribution >= 4 is 22.7 Å². The number of phenolic OH excluding ortho intramolecular Hbond substituents is 1. The molecule has 0 unspecified atom stereocenters. The van der Waals surface area contributed by atoms with Crippen molar-refractivity contribution in [1.29, 1.82) is 0 Å². The first-order valence-electron chi connectivity index (χ1n) is 7.92. The zero-order valence-electron chi connectivity index (χ0n) is 14.2. The quantitative estimate of drug-likeness (QED) is 0.646. The van der Waals surface area contributed by atoms with E-state index in [2.05, 4.69) is 0 Å². The van der Waals surface area contributed by atoms with Crippen LogP contribution in [0, 0.1) is 5.41 Å². The second-order valence-corrected chi connectivity index (χ2v) is 6.19. The summed E-state index contributed by atoms with van der Waals surface area (Å²) in [4.78, 5) is 24.1. The summed E-state index contributed by atoms with van der Waals surface area (Å²) in [6.45, 7) is 5.54. The van der Waals surface area contributed by atoms with Gasteiger partial charge in [0.25, 0.3) is 0 Å². The highest BCUT2D eigenvalue weighted by molar-refractivity contribution is 6.06. The maximum atomic E-state index is 12.2. The summed E-state index contributed by atoms with van der Waals surface area (Å²) in [6, 6.07) is 10.0. The molecule has 0 amide bonds. The van der Waals surface area contributed by atoms with Gasteiger partial charge in [-0.15, -0.1) is 0 Å². The minimum absolute atomic E-state index is 0.0143. The molecule has 0 aromatic heterocycles. The van der Waals surface area contributed by atoms with Crippen molar-refractivity contribution in [3.05, 3.63) is 42.0 Å². The summed E-state index contributed by atoms with van der Waals surface area (Å²) < 4.78 is 10.3. The lowest BCUT2D eigenvalue weighted by Gasteiger charge is -2.20. The molecule has 0 bridgehead atoms. The van der Waals surface area contributed by atoms with Crippen molar-refractivity contribution in [1.82, 2.24) is 0 Å². The van der Waals surface area contributed by atoms with Crippen LogP contribution in [0.2, 0.25) is 0 Å². The topological polar surface area (TPSA) is 72.8 Å². The zero-order valence-corrected chi connectivity index (χ0v) is 14.2. The van der Waals surface area contributed by atoms with Crippen molar-refractivity contribution in [2.45, 2.75) is 27.2 Å². The summed E-state index contributed by atoms with van der Waals surface area (Å²) in [7, 11) is 0. The molecule has 5 nitrogen and oxygen atoms in total. The minimum atomic E-state index is -0.544. The molecular weight excluding hydrogens is 308 g/mol. The van der Waals surface area contributed by atoms with Crippen LogP contribution >= 0.6 is 0 Å². The van der Waals surface area contributed by atoms with E-state index in [0.717, 1.165) is 0 Å². The lowest BCUT2D eigenvalue weighted by Crippen LogP contribution is -2.27. The third-order valence-electron chi connectivity index (χ3n) is 4.11. The monoisotopic (exact) mass is 330 g/mol. The van der Waals surface area contributed by atoms with Gasteiger partial charge in [0.2, 0.25) is 0 Å². The highest BCUT2D eigenvalue weighted by Crippen LogP contribution is 2.27. The van der Waals surface area contributed by atoms with Gasteiger partial charge in [0, 0.05) is 5.39 Å². The first-order valence-corrected chi connectivity index (χ1v) is 7.92. The molecule has 0 fully saturated rings. The molecule has 5 heteroatoms. The number of esters is 2. The van der Waals surface area contributed by atoms with Crippen LogP contribution in [0.15, 0.2) is 36.4 Å². The lowest BCUT2D eigenvalue weighted by molar-refractivity contribution is -0.155. The number of carbonyl (C=O) groups is 2. The number of aromatic hydroxyl groups is 1. The molecule has 2 aromatic rings. The van der Waals surface area contributed by atoms with Gasteiger partial charge in [-0.05, 0) is 37.8 Å². The van der Waals surface area contributed by atoms with Crippen LogP contribution in [0.3, 0.4) is 0 Å². The zero-order chi connectivity index (χ0) is 17.7. The second-order valence-electron chi connectivity index (χ2n) is 6.19. The van der Waals surface area contributed by atoms with E-state index in [1.54, 1.807) is 36.4 Å². The average Bonchev–Trinajstić information content (AvgIpc) is 2.58. The number of hydrogen-bond donors (Lipinski definition) is 1. The molecule has 0 spiro atoms. The SMILES string of the molecule is CCC(C)(C)C(=O)OCCOC(=O)c1cccc2c(O)cccc12. The number of hydrogen-bond acceptors (Lipinski definition) is 5. The maximum absolute atomic E-state index is 12.2. The molecule has 0 heterocycles. The molecule has 2 aromatic carbocycles. The van der Waals surface area contributed by atoms with Gasteiger partial charge in [-0.25, -0.2) is 4.79 Å². The Bertz CT molecular complexity index is 749. The summed E-state index contributed by atoms with van der Waals surface area (Å²) >= 11 is 0. The fourth-order valence-corrected chi connectivity index (χ4v) is 2.16. The van der Waals surface area contributed by atoms with E-state index in [0.29, 0.717) is 22.8 Å². The third-order valence-corrected chi connectivity index (χ3v) is 4.11. The van der Waals surface area contributed by atoms with Crippen molar-refractivity contribution in [3.63, 3.8) is 0 Å². The highest BCUT2D eigenvalue weighted by atomic mass is 16.6. The molecule has 1 N–H and O–H groups in total. The van der Waals surface area contributed by atoms with E-state index in [1.165, 1.54) is 0 Å². The number of fused-ring (bicyclic) bond motifs is 1. The number of phenols is 1. The Morgan fingerprint density at radius 1 is 1.00 bits per heavy atom. The fourth-order valence-electron chi connectivity index (χ4n) is 2.16. The molecule has 0 saturated carbocycles. The van der Waals surface area contributed by atoms with Gasteiger partial charge < -0.3 is 14.6 Å². The number of rotatable bonds is 6. The van der Waals surface area contributed by atoms with Crippen LogP contribution in [0.25, 0.3) is 10.8 Å². The molecule has 0 aliphatic rings. The first kappa shape index (κ1) is 17.8. The van der Waals surface area contributed by atoms with Crippen molar-refractivity contribution in [2.75, 3.05) is 13.2 Å². The van der Waals surface area contributed by atoms with Gasteiger partial charge in [0.1, 0.15) is 19.0 Å². The molecule has 24 heavy (non-hydrogen) atoms. The standard InChI is InChI=1S/C19H22O5/c1-4-19(2,3)18(22)24-12-11-23-17(21)15-9-5-8-14-13(15)7-6-10-16(14)20/h5-10,20H,4,11-12H2,1-3H3. The Hall–Kier alpha value is -2.56. The Morgan fingerprint density at radius 3 is 2.33 bits per heavy atom. The Morgan fingerprint density at radius 2 is 1.62 bits per heavy atom. The minimum Gasteiger partial charge on any atom is -0.507 e. The van der Waals surface area contributed by atoms with Crippen LogP contribution in [0.4, 0.5) is 0 Å². The summed E-state index contributed by atoms with van der Waals surface area (Å²) in [6.07, 6.45) is 0.672. The molecule has 128 valence electrons. The predicted octanol–water partition coefficient (Wildman–Crippen LogP) is 3.68. The van der Waals surface area contributed by atoms with E-state index in [4.69, 9.17) is 9.47 Å². The Balaban J connectivity index is 1.97. The van der Waals surface area contributed by atoms with Gasteiger partial charge >= 0.3 is 11.9 Å². The number of ether oxygens (including phenoxy) is 2. The fraction of sp³-hybridized carbons (Fsp3) is 0.368. The Kier molecular flexibility index (Phi) is 5.44. The predicted molar refractivity (Wildman–Crippen MR) is 90.9 cm³/mol. The molecule has 0 saturated heterocycles. The van der Waals surface area contributed by atoms with Crippen molar-refractivity contribution in [3.8, 4) is 5.75 Å². The number of benzene rings is 2. The summed E-state index contributed by atoms with van der Waals surface area (Å²) in [5, 5.41) is 11.0. The van der Waals surface area contributed by atoms with Crippen LogP contribution in [0.5, 0.6) is 5.75 Å². The largest absolute Gasteiger partial charge is 0.507 e. The van der Waals surface area contributed by atoms with Gasteiger partial charge in [0.05, 0.1) is 11.0 Å². The first-order chi connectivity index (χ1) is 11.4. The van der Waals surface area contributed by atoms with Gasteiger partial charge in [0.15, 0.2) is 0 Å². The normalized spacial score (nSPS) is 11.3. The van der Waals surface area contributed by atoms with E-state index < -0.39 is 11.4 Å². The average molecular weight is 330 g/mol. The molecular formula is C19H22O5.